The maximum atomic E-state index is 11.1. The van der Waals surface area contributed by atoms with Crippen LogP contribution in [0.1, 0.15) is 11.3 Å². The summed E-state index contributed by atoms with van der Waals surface area (Å²) in [5.74, 6) is 0.143. The zero-order valence-electron chi connectivity index (χ0n) is 17.1. The lowest BCUT2D eigenvalue weighted by atomic mass is 10.00. The summed E-state index contributed by atoms with van der Waals surface area (Å²) < 4.78 is 5.94. The number of pyridine rings is 1. The fourth-order valence-electron chi connectivity index (χ4n) is 3.83. The summed E-state index contributed by atoms with van der Waals surface area (Å²) in [6.07, 6.45) is 1.61. The van der Waals surface area contributed by atoms with Crippen LogP contribution in [-0.2, 0) is 17.8 Å². The highest BCUT2D eigenvalue weighted by Crippen LogP contribution is 2.30. The second-order valence-corrected chi connectivity index (χ2v) is 7.53. The zero-order valence-corrected chi connectivity index (χ0v) is 17.1. The number of hydrogen-bond donors (Lipinski definition) is 3. The summed E-state index contributed by atoms with van der Waals surface area (Å²) in [6, 6.07) is 21.3. The van der Waals surface area contributed by atoms with Crippen LogP contribution in [0.2, 0.25) is 0 Å². The number of nitrogens with one attached hydrogen (secondary N) is 1. The Morgan fingerprint density at radius 1 is 1.00 bits per heavy atom. The molecule has 0 fully saturated rings. The van der Waals surface area contributed by atoms with Crippen LogP contribution in [0.5, 0.6) is 5.75 Å². The van der Waals surface area contributed by atoms with Gasteiger partial charge in [-0.2, -0.15) is 5.10 Å². The van der Waals surface area contributed by atoms with Crippen LogP contribution >= 0.6 is 0 Å². The summed E-state index contributed by atoms with van der Waals surface area (Å²) in [5, 5.41) is 19.5. The fourth-order valence-corrected chi connectivity index (χ4v) is 3.83. The van der Waals surface area contributed by atoms with Crippen LogP contribution in [-0.4, -0.2) is 26.3 Å². The van der Waals surface area contributed by atoms with Crippen molar-refractivity contribution in [2.24, 2.45) is 0 Å². The van der Waals surface area contributed by atoms with Gasteiger partial charge in [-0.25, -0.2) is 4.98 Å². The number of nitrogen functional groups attached to an aromatic ring is 1. The Balaban J connectivity index is 1.46. The minimum Gasteiger partial charge on any atom is -0.487 e. The molecule has 158 valence electrons. The molecule has 7 nitrogen and oxygen atoms in total. The molecule has 5 aromatic rings. The average Bonchev–Trinajstić information content (AvgIpc) is 3.20. The number of rotatable bonds is 6. The number of nitrogens with zero attached hydrogens (tertiary/aromatic N) is 2. The largest absolute Gasteiger partial charge is 0.487 e. The number of nitrogens with two attached hydrogens (primary N) is 1. The standard InChI is InChI=1S/C25H20N4O3/c26-25-19-11-16(6-5-15(19)9-10-27-25)17-7-8-21-20(12-17)22(29-28-21)14-32-23-4-2-1-3-18(23)13-24(30)31/h1-12H,13-14H2,(H2,26,27)(H,28,29)(H,30,31). The third-order valence-electron chi connectivity index (χ3n) is 5.45. The molecule has 0 spiro atoms. The van der Waals surface area contributed by atoms with Gasteiger partial charge in [-0.1, -0.05) is 36.4 Å². The SMILES string of the molecule is Nc1nccc2ccc(-c3ccc4[nH]nc(COc5ccccc5CC(=O)O)c4c3)cc12. The van der Waals surface area contributed by atoms with Gasteiger partial charge >= 0.3 is 5.97 Å². The van der Waals surface area contributed by atoms with E-state index < -0.39 is 5.97 Å². The molecule has 32 heavy (non-hydrogen) atoms. The van der Waals surface area contributed by atoms with Gasteiger partial charge in [0.15, 0.2) is 0 Å². The van der Waals surface area contributed by atoms with Gasteiger partial charge in [-0.3, -0.25) is 9.89 Å². The Kier molecular flexibility index (Phi) is 4.91. The maximum Gasteiger partial charge on any atom is 0.307 e. The Hall–Kier alpha value is -4.39. The van der Waals surface area contributed by atoms with E-state index in [9.17, 15) is 4.79 Å². The summed E-state index contributed by atoms with van der Waals surface area (Å²) in [4.78, 5) is 15.3. The minimum atomic E-state index is -0.901. The van der Waals surface area contributed by atoms with E-state index in [0.29, 0.717) is 17.1 Å². The molecule has 0 radical (unpaired) electrons. The van der Waals surface area contributed by atoms with Crippen LogP contribution < -0.4 is 10.5 Å². The van der Waals surface area contributed by atoms with E-state index in [4.69, 9.17) is 15.6 Å². The quantitative estimate of drug-likeness (QED) is 0.368. The van der Waals surface area contributed by atoms with Crippen molar-refractivity contribution < 1.29 is 14.6 Å². The number of carboxylic acid groups (broad SMARTS) is 1. The normalized spacial score (nSPS) is 11.1. The van der Waals surface area contributed by atoms with Gasteiger partial charge in [0, 0.05) is 22.5 Å². The fraction of sp³-hybridized carbons (Fsp3) is 0.0800. The molecule has 2 heterocycles. The number of carboxylic acids is 1. The molecular weight excluding hydrogens is 404 g/mol. The smallest absolute Gasteiger partial charge is 0.307 e. The van der Waals surface area contributed by atoms with Crippen LogP contribution in [0.15, 0.2) is 72.9 Å². The second-order valence-electron chi connectivity index (χ2n) is 7.53. The topological polar surface area (TPSA) is 114 Å². The van der Waals surface area contributed by atoms with E-state index in [1.807, 2.05) is 36.4 Å². The third-order valence-corrected chi connectivity index (χ3v) is 5.45. The molecule has 0 saturated carbocycles. The van der Waals surface area contributed by atoms with Gasteiger partial charge < -0.3 is 15.6 Å². The van der Waals surface area contributed by atoms with Crippen molar-refractivity contribution in [3.63, 3.8) is 0 Å². The molecular formula is C25H20N4O3. The van der Waals surface area contributed by atoms with E-state index in [1.54, 1.807) is 24.4 Å². The van der Waals surface area contributed by atoms with Crippen LogP contribution in [0.3, 0.4) is 0 Å². The number of H-pyrrole nitrogens is 1. The highest BCUT2D eigenvalue weighted by molar-refractivity contribution is 5.95. The molecule has 0 saturated heterocycles. The van der Waals surface area contributed by atoms with Gasteiger partial charge in [-0.05, 0) is 46.8 Å². The lowest BCUT2D eigenvalue weighted by Gasteiger charge is -2.09. The number of carbonyl (C=O) groups is 1. The van der Waals surface area contributed by atoms with E-state index in [2.05, 4.69) is 27.3 Å². The summed E-state index contributed by atoms with van der Waals surface area (Å²) >= 11 is 0. The number of ether oxygens (including phenoxy) is 1. The second kappa shape index (κ2) is 8.03. The van der Waals surface area contributed by atoms with Gasteiger partial charge in [0.05, 0.1) is 11.9 Å². The van der Waals surface area contributed by atoms with E-state index in [0.717, 1.165) is 38.5 Å². The number of aromatic amines is 1. The number of para-hydroxylation sites is 1. The number of hydrogen-bond acceptors (Lipinski definition) is 5. The molecule has 0 unspecified atom stereocenters. The first-order chi connectivity index (χ1) is 15.6. The molecule has 0 aliphatic carbocycles. The Bertz CT molecular complexity index is 1460. The highest BCUT2D eigenvalue weighted by Gasteiger charge is 2.12. The number of aromatic nitrogens is 3. The van der Waals surface area contributed by atoms with Crippen LogP contribution in [0.25, 0.3) is 32.8 Å². The summed E-state index contributed by atoms with van der Waals surface area (Å²) in [7, 11) is 0. The van der Waals surface area contributed by atoms with Crippen molar-refractivity contribution in [2.75, 3.05) is 5.73 Å². The predicted octanol–water partition coefficient (Wildman–Crippen LogP) is 4.57. The number of fused-ring (bicyclic) bond motifs is 2. The first-order valence-electron chi connectivity index (χ1n) is 10.1. The molecule has 0 aliphatic heterocycles. The van der Waals surface area contributed by atoms with E-state index in [-0.39, 0.29) is 13.0 Å². The molecule has 3 aromatic carbocycles. The molecule has 0 atom stereocenters. The molecule has 0 aliphatic rings. The molecule has 4 N–H and O–H groups in total. The first-order valence-corrected chi connectivity index (χ1v) is 10.1. The Labute approximate surface area is 183 Å². The Morgan fingerprint density at radius 3 is 2.62 bits per heavy atom. The number of aliphatic carboxylic acids is 1. The van der Waals surface area contributed by atoms with Gasteiger partial charge in [0.1, 0.15) is 23.9 Å². The lowest BCUT2D eigenvalue weighted by molar-refractivity contribution is -0.136. The van der Waals surface area contributed by atoms with Crippen molar-refractivity contribution in [1.29, 1.82) is 0 Å². The monoisotopic (exact) mass is 424 g/mol. The third kappa shape index (κ3) is 3.72. The predicted molar refractivity (Wildman–Crippen MR) is 123 cm³/mol. The summed E-state index contributed by atoms with van der Waals surface area (Å²) in [6.45, 7) is 0.217. The number of anilines is 1. The molecule has 5 rings (SSSR count). The first kappa shape index (κ1) is 19.6. The van der Waals surface area contributed by atoms with Crippen molar-refractivity contribution >= 4 is 33.5 Å². The van der Waals surface area contributed by atoms with Crippen LogP contribution in [0, 0.1) is 0 Å². The van der Waals surface area contributed by atoms with Crippen molar-refractivity contribution in [2.45, 2.75) is 13.0 Å². The maximum absolute atomic E-state index is 11.1. The number of benzene rings is 3. The molecule has 7 heteroatoms. The van der Waals surface area contributed by atoms with Gasteiger partial charge in [0.2, 0.25) is 0 Å². The minimum absolute atomic E-state index is 0.0956. The van der Waals surface area contributed by atoms with Gasteiger partial charge in [0.25, 0.3) is 0 Å². The van der Waals surface area contributed by atoms with Crippen LogP contribution in [0.4, 0.5) is 5.82 Å². The van der Waals surface area contributed by atoms with Crippen molar-refractivity contribution in [1.82, 2.24) is 15.2 Å². The van der Waals surface area contributed by atoms with E-state index in [1.165, 1.54) is 0 Å². The van der Waals surface area contributed by atoms with Crippen molar-refractivity contribution in [3.05, 3.63) is 84.2 Å². The average molecular weight is 424 g/mol. The molecule has 2 aromatic heterocycles. The highest BCUT2D eigenvalue weighted by atomic mass is 16.5. The lowest BCUT2D eigenvalue weighted by Crippen LogP contribution is -2.04. The Morgan fingerprint density at radius 2 is 1.78 bits per heavy atom. The van der Waals surface area contributed by atoms with Crippen molar-refractivity contribution in [3.8, 4) is 16.9 Å². The van der Waals surface area contributed by atoms with E-state index >= 15 is 0 Å². The van der Waals surface area contributed by atoms with Gasteiger partial charge in [-0.15, -0.1) is 0 Å². The molecule has 0 amide bonds. The molecule has 0 bridgehead atoms. The zero-order chi connectivity index (χ0) is 22.1. The summed E-state index contributed by atoms with van der Waals surface area (Å²) in [5.41, 5.74) is 10.4.